The smallest absolute Gasteiger partial charge is 0.147 e. The van der Waals surface area contributed by atoms with Crippen molar-refractivity contribution in [2.24, 2.45) is 0 Å². The highest BCUT2D eigenvalue weighted by atomic mass is 32.2. The minimum atomic E-state index is -2.89. The van der Waals surface area contributed by atoms with Crippen molar-refractivity contribution in [3.8, 4) is 0 Å². The second-order valence-corrected chi connectivity index (χ2v) is 7.19. The van der Waals surface area contributed by atoms with Crippen LogP contribution in [-0.4, -0.2) is 44.0 Å². The molecule has 106 valence electrons. The van der Waals surface area contributed by atoms with E-state index in [2.05, 4.69) is 20.6 Å². The molecule has 6 nitrogen and oxygen atoms in total. The van der Waals surface area contributed by atoms with E-state index in [-0.39, 0.29) is 5.75 Å². The third-order valence-corrected chi connectivity index (χ3v) is 3.97. The Bertz CT molecular complexity index is 541. The van der Waals surface area contributed by atoms with Crippen molar-refractivity contribution >= 4 is 21.5 Å². The van der Waals surface area contributed by atoms with E-state index in [1.165, 1.54) is 6.26 Å². The number of anilines is 2. The summed E-state index contributed by atoms with van der Waals surface area (Å²) in [6.45, 7) is 0.595. The molecule has 0 aliphatic heterocycles. The molecule has 1 aliphatic rings. The van der Waals surface area contributed by atoms with Gasteiger partial charge in [0.1, 0.15) is 27.3 Å². The third-order valence-electron chi connectivity index (χ3n) is 2.94. The normalized spacial score (nSPS) is 15.3. The highest BCUT2D eigenvalue weighted by Gasteiger charge is 2.27. The average Bonchev–Trinajstić information content (AvgIpc) is 3.17. The van der Waals surface area contributed by atoms with Crippen molar-refractivity contribution in [2.75, 3.05) is 36.2 Å². The van der Waals surface area contributed by atoms with Gasteiger partial charge >= 0.3 is 0 Å². The fourth-order valence-corrected chi connectivity index (χ4v) is 2.43. The molecular weight excluding hydrogens is 264 g/mol. The average molecular weight is 284 g/mol. The van der Waals surface area contributed by atoms with Gasteiger partial charge < -0.3 is 10.6 Å². The van der Waals surface area contributed by atoms with Gasteiger partial charge in [0.05, 0.1) is 5.75 Å². The summed E-state index contributed by atoms with van der Waals surface area (Å²) in [7, 11) is -1.06. The van der Waals surface area contributed by atoms with Crippen LogP contribution in [0.2, 0.25) is 0 Å². The van der Waals surface area contributed by atoms with Crippen molar-refractivity contribution in [1.29, 1.82) is 0 Å². The van der Waals surface area contributed by atoms with Gasteiger partial charge in [0.2, 0.25) is 0 Å². The first kappa shape index (κ1) is 14.0. The summed E-state index contributed by atoms with van der Waals surface area (Å²) in [5, 5.41) is 6.18. The molecule has 0 bridgehead atoms. The van der Waals surface area contributed by atoms with Gasteiger partial charge in [-0.15, -0.1) is 0 Å². The molecule has 19 heavy (non-hydrogen) atoms. The van der Waals surface area contributed by atoms with Crippen LogP contribution >= 0.6 is 0 Å². The number of sulfone groups is 1. The largest absolute Gasteiger partial charge is 0.373 e. The maximum absolute atomic E-state index is 11.0. The lowest BCUT2D eigenvalue weighted by Gasteiger charge is -2.09. The number of hydrogen-bond acceptors (Lipinski definition) is 6. The summed E-state index contributed by atoms with van der Waals surface area (Å²) < 4.78 is 22.1. The quantitative estimate of drug-likeness (QED) is 0.733. The van der Waals surface area contributed by atoms with E-state index in [1.807, 2.05) is 13.1 Å². The van der Waals surface area contributed by atoms with E-state index in [0.717, 1.165) is 30.3 Å². The molecule has 0 unspecified atom stereocenters. The molecule has 0 amide bonds. The molecule has 0 atom stereocenters. The van der Waals surface area contributed by atoms with Gasteiger partial charge in [-0.05, 0) is 19.3 Å². The molecule has 1 saturated carbocycles. The number of hydrogen-bond donors (Lipinski definition) is 2. The van der Waals surface area contributed by atoms with Gasteiger partial charge in [-0.25, -0.2) is 18.4 Å². The van der Waals surface area contributed by atoms with Crippen molar-refractivity contribution in [1.82, 2.24) is 9.97 Å². The zero-order valence-corrected chi connectivity index (χ0v) is 12.1. The van der Waals surface area contributed by atoms with Crippen LogP contribution in [0.3, 0.4) is 0 Å². The Kier molecular flexibility index (Phi) is 4.24. The predicted molar refractivity (Wildman–Crippen MR) is 76.4 cm³/mol. The van der Waals surface area contributed by atoms with E-state index in [4.69, 9.17) is 0 Å². The van der Waals surface area contributed by atoms with E-state index in [1.54, 1.807) is 0 Å². The molecule has 0 saturated heterocycles. The Labute approximate surface area is 114 Å². The van der Waals surface area contributed by atoms with Crippen molar-refractivity contribution in [3.05, 3.63) is 11.9 Å². The first-order valence-electron chi connectivity index (χ1n) is 6.46. The molecule has 0 aromatic carbocycles. The van der Waals surface area contributed by atoms with Crippen LogP contribution in [0.25, 0.3) is 0 Å². The Morgan fingerprint density at radius 2 is 2.00 bits per heavy atom. The summed E-state index contributed by atoms with van der Waals surface area (Å²) in [4.78, 5) is 8.89. The minimum absolute atomic E-state index is 0.194. The predicted octanol–water partition coefficient (Wildman–Crippen LogP) is 1.24. The van der Waals surface area contributed by atoms with Gasteiger partial charge in [0.25, 0.3) is 0 Å². The van der Waals surface area contributed by atoms with Gasteiger partial charge in [0, 0.05) is 31.8 Å². The van der Waals surface area contributed by atoms with Gasteiger partial charge in [-0.3, -0.25) is 0 Å². The minimum Gasteiger partial charge on any atom is -0.373 e. The number of nitrogens with one attached hydrogen (secondary N) is 2. The zero-order valence-electron chi connectivity index (χ0n) is 11.3. The third kappa shape index (κ3) is 4.66. The molecule has 7 heteroatoms. The maximum atomic E-state index is 11.0. The molecule has 1 fully saturated rings. The Morgan fingerprint density at radius 3 is 2.58 bits per heavy atom. The number of rotatable bonds is 7. The summed E-state index contributed by atoms with van der Waals surface area (Å²) >= 11 is 0. The molecule has 0 spiro atoms. The van der Waals surface area contributed by atoms with Crippen molar-refractivity contribution in [3.63, 3.8) is 0 Å². The van der Waals surface area contributed by atoms with Crippen LogP contribution < -0.4 is 10.6 Å². The molecule has 1 heterocycles. The molecule has 1 aromatic heterocycles. The molecular formula is C12H20N4O2S. The van der Waals surface area contributed by atoms with Gasteiger partial charge in [-0.2, -0.15) is 0 Å². The van der Waals surface area contributed by atoms with Gasteiger partial charge in [0.15, 0.2) is 0 Å². The van der Waals surface area contributed by atoms with Crippen LogP contribution in [0, 0.1) is 0 Å². The maximum Gasteiger partial charge on any atom is 0.147 e. The Hall–Kier alpha value is -1.37. The second-order valence-electron chi connectivity index (χ2n) is 4.93. The highest BCUT2D eigenvalue weighted by Crippen LogP contribution is 2.38. The van der Waals surface area contributed by atoms with E-state index >= 15 is 0 Å². The monoisotopic (exact) mass is 284 g/mol. The molecule has 2 rings (SSSR count). The lowest BCUT2D eigenvalue weighted by Crippen LogP contribution is -2.11. The van der Waals surface area contributed by atoms with Crippen LogP contribution in [-0.2, 0) is 9.84 Å². The standard InChI is InChI=1S/C12H20N4O2S/c1-13-10-8-11(14-6-3-7-19(2,17)18)16-12(15-10)9-4-5-9/h8-9H,3-7H2,1-2H3,(H2,13,14,15,16). The fraction of sp³-hybridized carbons (Fsp3) is 0.667. The first-order chi connectivity index (χ1) is 8.98. The van der Waals surface area contributed by atoms with Crippen LogP contribution in [0.4, 0.5) is 11.6 Å². The first-order valence-corrected chi connectivity index (χ1v) is 8.52. The lowest BCUT2D eigenvalue weighted by molar-refractivity contribution is 0.600. The van der Waals surface area contributed by atoms with E-state index in [0.29, 0.717) is 18.9 Å². The van der Waals surface area contributed by atoms with E-state index < -0.39 is 9.84 Å². The summed E-state index contributed by atoms with van der Waals surface area (Å²) in [5.41, 5.74) is 0. The molecule has 0 radical (unpaired) electrons. The van der Waals surface area contributed by atoms with Crippen molar-refractivity contribution < 1.29 is 8.42 Å². The topological polar surface area (TPSA) is 84.0 Å². The Balaban J connectivity index is 1.93. The van der Waals surface area contributed by atoms with E-state index in [9.17, 15) is 8.42 Å². The fourth-order valence-electron chi connectivity index (χ4n) is 1.76. The SMILES string of the molecule is CNc1cc(NCCCS(C)(=O)=O)nc(C2CC2)n1. The van der Waals surface area contributed by atoms with Gasteiger partial charge in [-0.1, -0.05) is 0 Å². The Morgan fingerprint density at radius 1 is 1.32 bits per heavy atom. The summed E-state index contributed by atoms with van der Waals surface area (Å²) in [6.07, 6.45) is 4.14. The highest BCUT2D eigenvalue weighted by molar-refractivity contribution is 7.90. The van der Waals surface area contributed by atoms with Crippen molar-refractivity contribution in [2.45, 2.75) is 25.2 Å². The molecule has 1 aromatic rings. The second kappa shape index (κ2) is 5.73. The van der Waals surface area contributed by atoms with Crippen LogP contribution in [0.15, 0.2) is 6.07 Å². The molecule has 2 N–H and O–H groups in total. The number of aromatic nitrogens is 2. The van der Waals surface area contributed by atoms with Crippen LogP contribution in [0.5, 0.6) is 0 Å². The summed E-state index contributed by atoms with van der Waals surface area (Å²) in [6, 6.07) is 1.84. The zero-order chi connectivity index (χ0) is 13.9. The van der Waals surface area contributed by atoms with Crippen LogP contribution in [0.1, 0.15) is 31.0 Å². The molecule has 1 aliphatic carbocycles. The number of nitrogens with zero attached hydrogens (tertiary/aromatic N) is 2. The lowest BCUT2D eigenvalue weighted by atomic mass is 10.3. The summed E-state index contributed by atoms with van der Waals surface area (Å²) in [5.74, 6) is 3.11.